The van der Waals surface area contributed by atoms with Gasteiger partial charge in [-0.15, -0.1) is 11.8 Å². The number of aliphatic carboxylic acids is 1. The minimum absolute atomic E-state index is 0.0101. The van der Waals surface area contributed by atoms with Crippen molar-refractivity contribution in [2.45, 2.75) is 49.3 Å². The molecule has 0 radical (unpaired) electrons. The van der Waals surface area contributed by atoms with Gasteiger partial charge in [-0.1, -0.05) is 23.5 Å². The van der Waals surface area contributed by atoms with Crippen LogP contribution in [0, 0.1) is 29.6 Å². The fourth-order valence-electron chi connectivity index (χ4n) is 7.54. The lowest BCUT2D eigenvalue weighted by Crippen LogP contribution is -2.42. The van der Waals surface area contributed by atoms with Crippen LogP contribution in [-0.2, 0) is 14.4 Å². The summed E-state index contributed by atoms with van der Waals surface area (Å²) in [7, 11) is 0. The van der Waals surface area contributed by atoms with Crippen molar-refractivity contribution >= 4 is 46.6 Å². The Morgan fingerprint density at radius 3 is 2.41 bits per heavy atom. The summed E-state index contributed by atoms with van der Waals surface area (Å²) >= 11 is 2.96. The lowest BCUT2D eigenvalue weighted by Gasteiger charge is -2.43. The van der Waals surface area contributed by atoms with E-state index in [2.05, 4.69) is 48.0 Å². The van der Waals surface area contributed by atoms with Gasteiger partial charge in [0.2, 0.25) is 11.8 Å². The number of carboxylic acids is 1. The number of carbonyl (C=O) groups excluding carboxylic acids is 2. The molecule has 1 saturated heterocycles. The number of thiazole rings is 1. The Hall–Kier alpha value is -2.59. The van der Waals surface area contributed by atoms with Crippen molar-refractivity contribution in [3.05, 3.63) is 44.4 Å². The molecule has 2 amide bonds. The molecule has 196 valence electrons. The summed E-state index contributed by atoms with van der Waals surface area (Å²) in [6.45, 7) is 6.31. The summed E-state index contributed by atoms with van der Waals surface area (Å²) in [5.74, 6) is -1.49. The molecular formula is C27H31N3O5S2. The summed E-state index contributed by atoms with van der Waals surface area (Å²) in [6, 6.07) is 8.64. The largest absolute Gasteiger partial charge is 0.481 e. The molecule has 10 heteroatoms. The molecule has 3 heterocycles. The number of carbonyl (C=O) groups is 3. The monoisotopic (exact) mass is 541 g/mol. The number of likely N-dealkylation sites (tertiary alicyclic amines) is 1. The molecule has 2 aromatic rings. The molecule has 2 saturated carbocycles. The number of rotatable bonds is 8. The number of carboxylic acid groups (broad SMARTS) is 1. The van der Waals surface area contributed by atoms with Gasteiger partial charge in [0.05, 0.1) is 16.9 Å². The number of thioether (sulfide) groups is 1. The normalized spacial score (nSPS) is 31.4. The van der Waals surface area contributed by atoms with Crippen LogP contribution in [0.1, 0.15) is 49.5 Å². The van der Waals surface area contributed by atoms with Crippen molar-refractivity contribution in [3.63, 3.8) is 0 Å². The topological polar surface area (TPSA) is 111 Å². The highest BCUT2D eigenvalue weighted by Crippen LogP contribution is 2.68. The average molecular weight is 542 g/mol. The third kappa shape index (κ3) is 3.78. The number of aromatic amines is 1. The van der Waals surface area contributed by atoms with Gasteiger partial charge in [0.25, 0.3) is 0 Å². The summed E-state index contributed by atoms with van der Waals surface area (Å²) in [6.07, 6.45) is 1.08. The molecule has 2 N–H and O–H groups in total. The van der Waals surface area contributed by atoms with E-state index in [-0.39, 0.29) is 76.8 Å². The van der Waals surface area contributed by atoms with Crippen LogP contribution >= 0.6 is 23.1 Å². The molecule has 2 aliphatic heterocycles. The molecule has 1 aromatic carbocycles. The summed E-state index contributed by atoms with van der Waals surface area (Å²) in [4.78, 5) is 58.0. The van der Waals surface area contributed by atoms with Gasteiger partial charge in [0, 0.05) is 47.8 Å². The molecule has 7 atom stereocenters. The SMILES string of the molecule is CCN(CC)c1ccc([C@@H]2c3sc(=O)[nH]c3S[C@H]3[C@@H]4C[C@H]([C@H]5C(=O)N(CCCC(=O)O)C(=O)[C@H]45)[C@H]23)cc1. The Kier molecular flexibility index (Phi) is 6.22. The number of nitrogens with zero attached hydrogens (tertiary/aromatic N) is 2. The van der Waals surface area contributed by atoms with E-state index in [1.54, 1.807) is 11.8 Å². The number of benzene rings is 1. The second kappa shape index (κ2) is 9.31. The van der Waals surface area contributed by atoms with Gasteiger partial charge < -0.3 is 15.0 Å². The Labute approximate surface area is 223 Å². The predicted molar refractivity (Wildman–Crippen MR) is 142 cm³/mol. The van der Waals surface area contributed by atoms with Crippen LogP contribution in [0.3, 0.4) is 0 Å². The number of hydrogen-bond donors (Lipinski definition) is 2. The Balaban J connectivity index is 1.35. The van der Waals surface area contributed by atoms with Crippen molar-refractivity contribution in [1.82, 2.24) is 9.88 Å². The number of nitrogens with one attached hydrogen (secondary N) is 1. The molecule has 1 aromatic heterocycles. The first-order valence-electron chi connectivity index (χ1n) is 13.2. The van der Waals surface area contributed by atoms with Crippen LogP contribution < -0.4 is 9.77 Å². The van der Waals surface area contributed by atoms with Crippen molar-refractivity contribution < 1.29 is 19.5 Å². The smallest absolute Gasteiger partial charge is 0.305 e. The molecule has 4 aliphatic rings. The first-order valence-corrected chi connectivity index (χ1v) is 14.8. The molecule has 6 rings (SSSR count). The summed E-state index contributed by atoms with van der Waals surface area (Å²) < 4.78 is 0. The van der Waals surface area contributed by atoms with E-state index in [4.69, 9.17) is 5.11 Å². The minimum Gasteiger partial charge on any atom is -0.481 e. The number of imide groups is 1. The van der Waals surface area contributed by atoms with E-state index in [1.807, 2.05) is 0 Å². The van der Waals surface area contributed by atoms with Crippen LogP contribution in [0.15, 0.2) is 34.1 Å². The molecule has 3 fully saturated rings. The number of amides is 2. The van der Waals surface area contributed by atoms with Crippen molar-refractivity contribution in [2.75, 3.05) is 24.5 Å². The third-order valence-corrected chi connectivity index (χ3v) is 11.6. The van der Waals surface area contributed by atoms with Gasteiger partial charge in [-0.05, 0) is 62.1 Å². The zero-order chi connectivity index (χ0) is 26.0. The number of aromatic nitrogens is 1. The second-order valence-corrected chi connectivity index (χ2v) is 12.8. The Morgan fingerprint density at radius 2 is 1.76 bits per heavy atom. The zero-order valence-electron chi connectivity index (χ0n) is 20.9. The number of fused-ring (bicyclic) bond motifs is 9. The van der Waals surface area contributed by atoms with Gasteiger partial charge in [-0.25, -0.2) is 0 Å². The standard InChI is InChI=1S/C27H31N3O5S2/c1-3-29(4-2)14-9-7-13(8-10-14)18-19-15-12-16(22(19)36-24-23(18)37-27(35)28-24)21-20(15)25(33)30(26(21)34)11-5-6-17(31)32/h7-10,15-16,18-22H,3-6,11-12H2,1-2H3,(H,28,35)(H,31,32)/t15-,16+,18-,19+,20+,21+,22-/m0/s1. The lowest BCUT2D eigenvalue weighted by molar-refractivity contribution is -0.142. The highest BCUT2D eigenvalue weighted by molar-refractivity contribution is 8.00. The van der Waals surface area contributed by atoms with E-state index < -0.39 is 5.97 Å². The second-order valence-electron chi connectivity index (χ2n) is 10.5. The van der Waals surface area contributed by atoms with Gasteiger partial charge >= 0.3 is 10.8 Å². The van der Waals surface area contributed by atoms with Crippen LogP contribution in [0.25, 0.3) is 0 Å². The van der Waals surface area contributed by atoms with Crippen molar-refractivity contribution in [1.29, 1.82) is 0 Å². The fourth-order valence-corrected chi connectivity index (χ4v) is 10.4. The van der Waals surface area contributed by atoms with E-state index in [0.717, 1.165) is 35.0 Å². The molecule has 2 aliphatic carbocycles. The predicted octanol–water partition coefficient (Wildman–Crippen LogP) is 3.62. The van der Waals surface area contributed by atoms with Crippen LogP contribution in [0.4, 0.5) is 5.69 Å². The number of hydrogen-bond acceptors (Lipinski definition) is 7. The Bertz CT molecular complexity index is 1300. The first-order chi connectivity index (χ1) is 17.8. The maximum absolute atomic E-state index is 13.5. The molecular weight excluding hydrogens is 510 g/mol. The quantitative estimate of drug-likeness (QED) is 0.491. The van der Waals surface area contributed by atoms with Crippen LogP contribution in [-0.4, -0.2) is 57.7 Å². The highest BCUT2D eigenvalue weighted by atomic mass is 32.2. The Morgan fingerprint density at radius 1 is 1.08 bits per heavy atom. The van der Waals surface area contributed by atoms with E-state index in [0.29, 0.717) is 0 Å². The van der Waals surface area contributed by atoms with Gasteiger partial charge in [0.1, 0.15) is 0 Å². The van der Waals surface area contributed by atoms with Crippen LogP contribution in [0.5, 0.6) is 0 Å². The van der Waals surface area contributed by atoms with Gasteiger partial charge in [-0.2, -0.15) is 0 Å². The van der Waals surface area contributed by atoms with E-state index in [9.17, 15) is 19.2 Å². The highest BCUT2D eigenvalue weighted by Gasteiger charge is 2.69. The number of H-pyrrole nitrogens is 1. The van der Waals surface area contributed by atoms with Crippen molar-refractivity contribution in [3.8, 4) is 0 Å². The summed E-state index contributed by atoms with van der Waals surface area (Å²) in [5.41, 5.74) is 2.32. The third-order valence-electron chi connectivity index (χ3n) is 8.97. The molecule has 0 unspecified atom stereocenters. The molecule has 8 nitrogen and oxygen atoms in total. The first kappa shape index (κ1) is 24.7. The molecule has 2 bridgehead atoms. The molecule has 37 heavy (non-hydrogen) atoms. The fraction of sp³-hybridized carbons (Fsp3) is 0.556. The van der Waals surface area contributed by atoms with Gasteiger partial charge in [0.15, 0.2) is 0 Å². The maximum Gasteiger partial charge on any atom is 0.305 e. The molecule has 0 spiro atoms. The average Bonchev–Trinajstić information content (AvgIpc) is 3.60. The maximum atomic E-state index is 13.5. The zero-order valence-corrected chi connectivity index (χ0v) is 22.5. The van der Waals surface area contributed by atoms with Gasteiger partial charge in [-0.3, -0.25) is 24.1 Å². The van der Waals surface area contributed by atoms with E-state index >= 15 is 0 Å². The minimum atomic E-state index is -0.920. The van der Waals surface area contributed by atoms with Crippen molar-refractivity contribution in [2.24, 2.45) is 29.6 Å². The number of anilines is 1. The van der Waals surface area contributed by atoms with Crippen LogP contribution in [0.2, 0.25) is 0 Å². The lowest BCUT2D eigenvalue weighted by atomic mass is 9.68. The summed E-state index contributed by atoms with van der Waals surface area (Å²) in [5, 5.41) is 10.1. The van der Waals surface area contributed by atoms with E-state index in [1.165, 1.54) is 21.9 Å².